The van der Waals surface area contributed by atoms with Gasteiger partial charge in [-0.05, 0) is 90.1 Å². The number of thiophene rings is 1. The van der Waals surface area contributed by atoms with Crippen molar-refractivity contribution in [3.63, 3.8) is 0 Å². The van der Waals surface area contributed by atoms with Crippen molar-refractivity contribution in [2.75, 3.05) is 18.8 Å². The predicted octanol–water partition coefficient (Wildman–Crippen LogP) is 6.11. The molecule has 1 aliphatic rings. The smallest absolute Gasteiger partial charge is 0.254 e. The molecule has 4 aromatic rings. The van der Waals surface area contributed by atoms with Crippen molar-refractivity contribution in [2.24, 2.45) is 0 Å². The van der Waals surface area contributed by atoms with E-state index >= 15 is 0 Å². The van der Waals surface area contributed by atoms with E-state index in [-0.39, 0.29) is 24.9 Å². The summed E-state index contributed by atoms with van der Waals surface area (Å²) in [6.07, 6.45) is 3.93. The summed E-state index contributed by atoms with van der Waals surface area (Å²) >= 11 is 1.70. The number of nitrogens with two attached hydrogens (primary N) is 1. The molecule has 1 fully saturated rings. The number of hydrogen-bond acceptors (Lipinski definition) is 5. The zero-order chi connectivity index (χ0) is 28.4. The highest BCUT2D eigenvalue weighted by molar-refractivity contribution is 7.16. The molecule has 1 aliphatic heterocycles. The van der Waals surface area contributed by atoms with Gasteiger partial charge in [0.1, 0.15) is 12.0 Å². The molecule has 3 N–H and O–H groups in total. The van der Waals surface area contributed by atoms with Crippen molar-refractivity contribution >= 4 is 35.0 Å². The van der Waals surface area contributed by atoms with E-state index in [1.165, 1.54) is 27.0 Å². The van der Waals surface area contributed by atoms with Gasteiger partial charge in [-0.15, -0.1) is 11.3 Å². The van der Waals surface area contributed by atoms with E-state index in [1.54, 1.807) is 29.7 Å². The lowest BCUT2D eigenvalue weighted by Gasteiger charge is -2.34. The van der Waals surface area contributed by atoms with Gasteiger partial charge in [0.05, 0.1) is 19.6 Å². The Bertz CT molecular complexity index is 1590. The van der Waals surface area contributed by atoms with Gasteiger partial charge in [-0.2, -0.15) is 0 Å². The molecule has 0 spiro atoms. The minimum atomic E-state index is -0.906. The molecule has 6 nitrogen and oxygen atoms in total. The molecule has 0 saturated carbocycles. The highest BCUT2D eigenvalue weighted by Crippen LogP contribution is 2.38. The van der Waals surface area contributed by atoms with E-state index in [0.29, 0.717) is 17.9 Å². The number of anilines is 1. The first kappa shape index (κ1) is 27.3. The number of nitrogens with one attached hydrogen (secondary N) is 1. The van der Waals surface area contributed by atoms with Crippen molar-refractivity contribution in [1.82, 2.24) is 15.2 Å². The molecule has 40 heavy (non-hydrogen) atoms. The third-order valence-electron chi connectivity index (χ3n) is 7.27. The first-order valence-corrected chi connectivity index (χ1v) is 13.9. The standard InChI is InChI=1S/C32H31FN4O2S/c1-19-14-25(23-6-8-24(9-7-23)32(39)37-17-26(33)18-37)10-11-27(19)31-21(3)20(2)28(40-31)16-36-30(38)13-5-22-4-12-29(34)35-15-22/h4-15,26H,16-18H2,1-3H3,(H2,34,35)(H,36,38)/b13-5+. The Morgan fingerprint density at radius 3 is 2.42 bits per heavy atom. The molecule has 8 heteroatoms. The van der Waals surface area contributed by atoms with Crippen molar-refractivity contribution in [3.05, 3.63) is 99.6 Å². The number of alkyl halides is 1. The quantitative estimate of drug-likeness (QED) is 0.270. The number of hydrogen-bond donors (Lipinski definition) is 2. The number of amides is 2. The first-order chi connectivity index (χ1) is 19.2. The Hall–Kier alpha value is -4.30. The predicted molar refractivity (Wildman–Crippen MR) is 160 cm³/mol. The molecule has 3 heterocycles. The number of aromatic nitrogens is 1. The van der Waals surface area contributed by atoms with E-state index in [0.717, 1.165) is 32.7 Å². The first-order valence-electron chi connectivity index (χ1n) is 13.1. The number of halogens is 1. The highest BCUT2D eigenvalue weighted by Gasteiger charge is 2.30. The molecule has 0 atom stereocenters. The summed E-state index contributed by atoms with van der Waals surface area (Å²) in [5.74, 6) is 0.140. The maximum Gasteiger partial charge on any atom is 0.254 e. The average Bonchev–Trinajstić information content (AvgIpc) is 3.22. The molecule has 2 aromatic heterocycles. The Morgan fingerprint density at radius 2 is 1.77 bits per heavy atom. The van der Waals surface area contributed by atoms with E-state index in [2.05, 4.69) is 49.3 Å². The zero-order valence-corrected chi connectivity index (χ0v) is 23.5. The molecular weight excluding hydrogens is 523 g/mol. The topological polar surface area (TPSA) is 88.3 Å². The SMILES string of the molecule is Cc1cc(-c2ccc(C(=O)N3CC(F)C3)cc2)ccc1-c1sc(CNC(=O)/C=C/c2ccc(N)nc2)c(C)c1C. The molecule has 2 amide bonds. The van der Waals surface area contributed by atoms with Crippen LogP contribution in [0.15, 0.2) is 66.9 Å². The second kappa shape index (κ2) is 11.4. The third kappa shape index (κ3) is 5.82. The summed E-state index contributed by atoms with van der Waals surface area (Å²) in [5, 5.41) is 2.98. The van der Waals surface area contributed by atoms with Crippen LogP contribution in [0, 0.1) is 20.8 Å². The number of aryl methyl sites for hydroxylation is 1. The van der Waals surface area contributed by atoms with Crippen LogP contribution in [0.2, 0.25) is 0 Å². The summed E-state index contributed by atoms with van der Waals surface area (Å²) in [6, 6.07) is 17.4. The van der Waals surface area contributed by atoms with Crippen LogP contribution in [0.5, 0.6) is 0 Å². The fourth-order valence-electron chi connectivity index (χ4n) is 4.67. The second-order valence-corrected chi connectivity index (χ2v) is 11.2. The van der Waals surface area contributed by atoms with Gasteiger partial charge >= 0.3 is 0 Å². The van der Waals surface area contributed by atoms with E-state index in [1.807, 2.05) is 30.3 Å². The van der Waals surface area contributed by atoms with Crippen LogP contribution in [0.4, 0.5) is 10.2 Å². The summed E-state index contributed by atoms with van der Waals surface area (Å²) in [7, 11) is 0. The molecule has 0 radical (unpaired) electrons. The van der Waals surface area contributed by atoms with Gasteiger partial charge in [0.25, 0.3) is 5.91 Å². The summed E-state index contributed by atoms with van der Waals surface area (Å²) in [6.45, 7) is 7.11. The van der Waals surface area contributed by atoms with Gasteiger partial charge in [-0.25, -0.2) is 9.37 Å². The lowest BCUT2D eigenvalue weighted by atomic mass is 9.96. The van der Waals surface area contributed by atoms with Gasteiger partial charge in [0.2, 0.25) is 5.91 Å². The van der Waals surface area contributed by atoms with Crippen LogP contribution >= 0.6 is 11.3 Å². The molecule has 5 rings (SSSR count). The van der Waals surface area contributed by atoms with Crippen LogP contribution in [0.3, 0.4) is 0 Å². The number of nitrogens with zero attached hydrogens (tertiary/aromatic N) is 2. The molecule has 0 unspecified atom stereocenters. The molecule has 204 valence electrons. The lowest BCUT2D eigenvalue weighted by molar-refractivity contribution is -0.116. The van der Waals surface area contributed by atoms with Gasteiger partial charge in [-0.1, -0.05) is 30.3 Å². The Labute approximate surface area is 237 Å². The van der Waals surface area contributed by atoms with Crippen LogP contribution in [-0.2, 0) is 11.3 Å². The van der Waals surface area contributed by atoms with E-state index in [9.17, 15) is 14.0 Å². The maximum atomic E-state index is 13.1. The van der Waals surface area contributed by atoms with Gasteiger partial charge < -0.3 is 16.0 Å². The van der Waals surface area contributed by atoms with E-state index < -0.39 is 6.17 Å². The van der Waals surface area contributed by atoms with Crippen molar-refractivity contribution in [1.29, 1.82) is 0 Å². The summed E-state index contributed by atoms with van der Waals surface area (Å²) < 4.78 is 13.1. The molecule has 0 bridgehead atoms. The average molecular weight is 555 g/mol. The van der Waals surface area contributed by atoms with Crippen molar-refractivity contribution < 1.29 is 14.0 Å². The second-order valence-electron chi connectivity index (χ2n) is 10.1. The fourth-order valence-corrected chi connectivity index (χ4v) is 6.01. The number of carbonyl (C=O) groups excluding carboxylic acids is 2. The minimum Gasteiger partial charge on any atom is -0.384 e. The Kier molecular flexibility index (Phi) is 7.80. The Morgan fingerprint density at radius 1 is 1.05 bits per heavy atom. The number of rotatable bonds is 7. The van der Waals surface area contributed by atoms with Gasteiger partial charge in [-0.3, -0.25) is 9.59 Å². The largest absolute Gasteiger partial charge is 0.384 e. The van der Waals surface area contributed by atoms with Crippen LogP contribution in [0.25, 0.3) is 27.6 Å². The van der Waals surface area contributed by atoms with Crippen LogP contribution in [0.1, 0.15) is 37.5 Å². The van der Waals surface area contributed by atoms with Crippen LogP contribution in [-0.4, -0.2) is 41.0 Å². The van der Waals surface area contributed by atoms with E-state index in [4.69, 9.17) is 5.73 Å². The molecule has 1 saturated heterocycles. The minimum absolute atomic E-state index is 0.127. The molecule has 0 aliphatic carbocycles. The summed E-state index contributed by atoms with van der Waals surface area (Å²) in [5.41, 5.74) is 13.8. The van der Waals surface area contributed by atoms with Gasteiger partial charge in [0.15, 0.2) is 0 Å². The normalized spacial score (nSPS) is 13.4. The van der Waals surface area contributed by atoms with Crippen molar-refractivity contribution in [3.8, 4) is 21.6 Å². The third-order valence-corrected chi connectivity index (χ3v) is 8.69. The van der Waals surface area contributed by atoms with Gasteiger partial charge in [0, 0.05) is 27.6 Å². The Balaban J connectivity index is 1.27. The number of nitrogen functional groups attached to an aromatic ring is 1. The number of carbonyl (C=O) groups is 2. The summed E-state index contributed by atoms with van der Waals surface area (Å²) in [4.78, 5) is 32.7. The monoisotopic (exact) mass is 554 g/mol. The molecule has 2 aromatic carbocycles. The van der Waals surface area contributed by atoms with Crippen LogP contribution < -0.4 is 11.1 Å². The number of benzene rings is 2. The fraction of sp³-hybridized carbons (Fsp3) is 0.219. The number of pyridine rings is 1. The highest BCUT2D eigenvalue weighted by atomic mass is 32.1. The van der Waals surface area contributed by atoms with Crippen molar-refractivity contribution in [2.45, 2.75) is 33.5 Å². The maximum absolute atomic E-state index is 13.1. The zero-order valence-electron chi connectivity index (χ0n) is 22.7. The lowest BCUT2D eigenvalue weighted by Crippen LogP contribution is -2.51. The number of likely N-dealkylation sites (tertiary alicyclic amines) is 1. The molecular formula is C32H31FN4O2S.